The molecule has 1 amide bonds. The summed E-state index contributed by atoms with van der Waals surface area (Å²) in [6.45, 7) is 8.46. The number of nitrogens with one attached hydrogen (secondary N) is 2. The molecule has 1 aromatic carbocycles. The van der Waals surface area contributed by atoms with Crippen LogP contribution in [0.25, 0.3) is 0 Å². The van der Waals surface area contributed by atoms with E-state index >= 15 is 0 Å². The van der Waals surface area contributed by atoms with Crippen LogP contribution in [0.1, 0.15) is 50.2 Å². The van der Waals surface area contributed by atoms with E-state index in [1.54, 1.807) is 0 Å². The number of hydrogen-bond donors (Lipinski definition) is 2. The lowest BCUT2D eigenvalue weighted by atomic mass is 9.91. The fourth-order valence-corrected chi connectivity index (χ4v) is 3.05. The van der Waals surface area contributed by atoms with E-state index in [-0.39, 0.29) is 18.3 Å². The van der Waals surface area contributed by atoms with Crippen LogP contribution in [0.4, 0.5) is 0 Å². The Morgan fingerprint density at radius 3 is 2.64 bits per heavy atom. The van der Waals surface area contributed by atoms with Crippen LogP contribution < -0.4 is 10.6 Å². The molecule has 0 radical (unpaired) electrons. The third-order valence-corrected chi connectivity index (χ3v) is 4.61. The number of aryl methyl sites for hydroxylation is 1. The summed E-state index contributed by atoms with van der Waals surface area (Å²) in [5, 5.41) is 6.61. The minimum Gasteiger partial charge on any atom is -0.353 e. The van der Waals surface area contributed by atoms with Gasteiger partial charge in [0.15, 0.2) is 0 Å². The number of rotatable bonds is 5. The third-order valence-electron chi connectivity index (χ3n) is 4.61. The first-order chi connectivity index (χ1) is 10.1. The average Bonchev–Trinajstić information content (AvgIpc) is 2.48. The van der Waals surface area contributed by atoms with Crippen molar-refractivity contribution in [2.75, 3.05) is 13.1 Å². The van der Waals surface area contributed by atoms with Crippen molar-refractivity contribution < 1.29 is 4.79 Å². The van der Waals surface area contributed by atoms with Gasteiger partial charge in [0.05, 0.1) is 0 Å². The standard InChI is InChI=1S/C18H28N2O.ClH/c1-4-15(16-7-5-13(2)6-8-16)11-18(21)20-17-9-10-19-12-14(17)3;/h5-8,14-15,17,19H,4,9-12H2,1-3H3,(H,20,21);1H. The Hall–Kier alpha value is -1.06. The molecule has 1 saturated heterocycles. The summed E-state index contributed by atoms with van der Waals surface area (Å²) in [6, 6.07) is 8.90. The van der Waals surface area contributed by atoms with Crippen molar-refractivity contribution in [1.82, 2.24) is 10.6 Å². The fourth-order valence-electron chi connectivity index (χ4n) is 3.05. The normalized spacial score (nSPS) is 22.5. The summed E-state index contributed by atoms with van der Waals surface area (Å²) in [7, 11) is 0. The molecule has 1 aliphatic rings. The summed E-state index contributed by atoms with van der Waals surface area (Å²) < 4.78 is 0. The Morgan fingerprint density at radius 1 is 1.36 bits per heavy atom. The minimum atomic E-state index is 0. The molecule has 124 valence electrons. The van der Waals surface area contributed by atoms with Gasteiger partial charge in [-0.15, -0.1) is 12.4 Å². The highest BCUT2D eigenvalue weighted by Crippen LogP contribution is 2.24. The van der Waals surface area contributed by atoms with Crippen molar-refractivity contribution in [3.8, 4) is 0 Å². The molecule has 22 heavy (non-hydrogen) atoms. The van der Waals surface area contributed by atoms with E-state index in [0.29, 0.717) is 24.3 Å². The van der Waals surface area contributed by atoms with Crippen molar-refractivity contribution in [1.29, 1.82) is 0 Å². The van der Waals surface area contributed by atoms with Gasteiger partial charge in [-0.3, -0.25) is 4.79 Å². The molecule has 3 atom stereocenters. The molecule has 4 heteroatoms. The van der Waals surface area contributed by atoms with Crippen LogP contribution in [-0.4, -0.2) is 25.0 Å². The van der Waals surface area contributed by atoms with Gasteiger partial charge in [0, 0.05) is 12.5 Å². The van der Waals surface area contributed by atoms with Gasteiger partial charge in [-0.05, 0) is 50.3 Å². The Kier molecular flexibility index (Phi) is 7.91. The SMILES string of the molecule is CCC(CC(=O)NC1CCNCC1C)c1ccc(C)cc1.Cl. The second-order valence-electron chi connectivity index (χ2n) is 6.36. The van der Waals surface area contributed by atoms with E-state index in [0.717, 1.165) is 25.9 Å². The Balaban J connectivity index is 0.00000242. The molecule has 0 saturated carbocycles. The van der Waals surface area contributed by atoms with E-state index in [1.165, 1.54) is 11.1 Å². The maximum absolute atomic E-state index is 12.3. The Bertz CT molecular complexity index is 461. The largest absolute Gasteiger partial charge is 0.353 e. The first-order valence-corrected chi connectivity index (χ1v) is 8.16. The fraction of sp³-hybridized carbons (Fsp3) is 0.611. The van der Waals surface area contributed by atoms with E-state index < -0.39 is 0 Å². The number of piperidine rings is 1. The van der Waals surface area contributed by atoms with E-state index in [1.807, 2.05) is 0 Å². The van der Waals surface area contributed by atoms with Crippen molar-refractivity contribution in [2.45, 2.75) is 52.0 Å². The van der Waals surface area contributed by atoms with Crippen LogP contribution in [0.15, 0.2) is 24.3 Å². The number of benzene rings is 1. The molecule has 2 N–H and O–H groups in total. The van der Waals surface area contributed by atoms with Crippen molar-refractivity contribution in [3.63, 3.8) is 0 Å². The minimum absolute atomic E-state index is 0. The zero-order valence-corrected chi connectivity index (χ0v) is 14.7. The molecular formula is C18H29ClN2O. The Morgan fingerprint density at radius 2 is 2.05 bits per heavy atom. The molecule has 0 spiro atoms. The van der Waals surface area contributed by atoms with E-state index in [9.17, 15) is 4.79 Å². The molecule has 2 rings (SSSR count). The van der Waals surface area contributed by atoms with Crippen LogP contribution in [0.2, 0.25) is 0 Å². The quantitative estimate of drug-likeness (QED) is 0.871. The number of amides is 1. The summed E-state index contributed by atoms with van der Waals surface area (Å²) in [5.41, 5.74) is 2.54. The number of carbonyl (C=O) groups excluding carboxylic acids is 1. The molecular weight excluding hydrogens is 296 g/mol. The van der Waals surface area contributed by atoms with Gasteiger partial charge < -0.3 is 10.6 Å². The van der Waals surface area contributed by atoms with E-state index in [4.69, 9.17) is 0 Å². The molecule has 1 heterocycles. The van der Waals surface area contributed by atoms with Gasteiger partial charge >= 0.3 is 0 Å². The van der Waals surface area contributed by atoms with Gasteiger partial charge in [0.2, 0.25) is 5.91 Å². The highest BCUT2D eigenvalue weighted by Gasteiger charge is 2.23. The average molecular weight is 325 g/mol. The lowest BCUT2D eigenvalue weighted by Crippen LogP contribution is -2.48. The molecule has 0 bridgehead atoms. The van der Waals surface area contributed by atoms with Gasteiger partial charge in [-0.25, -0.2) is 0 Å². The molecule has 0 aliphatic carbocycles. The van der Waals surface area contributed by atoms with Crippen molar-refractivity contribution in [2.24, 2.45) is 5.92 Å². The molecule has 3 unspecified atom stereocenters. The van der Waals surface area contributed by atoms with Gasteiger partial charge in [-0.1, -0.05) is 43.7 Å². The van der Waals surface area contributed by atoms with Crippen LogP contribution in [-0.2, 0) is 4.79 Å². The zero-order chi connectivity index (χ0) is 15.2. The Labute approximate surface area is 140 Å². The van der Waals surface area contributed by atoms with Crippen molar-refractivity contribution >= 4 is 18.3 Å². The highest BCUT2D eigenvalue weighted by molar-refractivity contribution is 5.85. The number of carbonyl (C=O) groups is 1. The maximum atomic E-state index is 12.3. The zero-order valence-electron chi connectivity index (χ0n) is 13.9. The smallest absolute Gasteiger partial charge is 0.220 e. The van der Waals surface area contributed by atoms with Crippen molar-refractivity contribution in [3.05, 3.63) is 35.4 Å². The van der Waals surface area contributed by atoms with Crippen LogP contribution in [0.5, 0.6) is 0 Å². The summed E-state index contributed by atoms with van der Waals surface area (Å²) >= 11 is 0. The van der Waals surface area contributed by atoms with Gasteiger partial charge in [-0.2, -0.15) is 0 Å². The van der Waals surface area contributed by atoms with Crippen LogP contribution in [0.3, 0.4) is 0 Å². The maximum Gasteiger partial charge on any atom is 0.220 e. The predicted octanol–water partition coefficient (Wildman–Crippen LogP) is 3.41. The second kappa shape index (κ2) is 9.16. The predicted molar refractivity (Wildman–Crippen MR) is 94.7 cm³/mol. The molecule has 1 aliphatic heterocycles. The van der Waals surface area contributed by atoms with Crippen LogP contribution >= 0.6 is 12.4 Å². The lowest BCUT2D eigenvalue weighted by Gasteiger charge is -2.30. The topological polar surface area (TPSA) is 41.1 Å². The summed E-state index contributed by atoms with van der Waals surface area (Å²) in [5.74, 6) is 1.03. The summed E-state index contributed by atoms with van der Waals surface area (Å²) in [6.07, 6.45) is 2.63. The molecule has 0 aromatic heterocycles. The number of halogens is 1. The highest BCUT2D eigenvalue weighted by atomic mass is 35.5. The molecule has 1 aromatic rings. The third kappa shape index (κ3) is 5.29. The monoisotopic (exact) mass is 324 g/mol. The van der Waals surface area contributed by atoms with Crippen LogP contribution in [0, 0.1) is 12.8 Å². The first kappa shape index (κ1) is 19.0. The number of hydrogen-bond acceptors (Lipinski definition) is 2. The summed E-state index contributed by atoms with van der Waals surface area (Å²) in [4.78, 5) is 12.3. The van der Waals surface area contributed by atoms with Gasteiger partial charge in [0.25, 0.3) is 0 Å². The lowest BCUT2D eigenvalue weighted by molar-refractivity contribution is -0.122. The van der Waals surface area contributed by atoms with E-state index in [2.05, 4.69) is 55.7 Å². The van der Waals surface area contributed by atoms with Gasteiger partial charge in [0.1, 0.15) is 0 Å². The second-order valence-corrected chi connectivity index (χ2v) is 6.36. The first-order valence-electron chi connectivity index (χ1n) is 8.16. The molecule has 1 fully saturated rings. The molecule has 3 nitrogen and oxygen atoms in total.